The molecule has 72 heavy (non-hydrogen) atoms. The monoisotopic (exact) mass is 1030 g/mol. The number of aliphatic hydroxyl groups is 8. The lowest BCUT2D eigenvalue weighted by molar-refractivity contribution is -0.359. The Kier molecular flexibility index (Phi) is 40.9. The number of unbranched alkanes of at least 4 members (excludes halogenated alkanes) is 29. The molecule has 2 rings (SSSR count). The summed E-state index contributed by atoms with van der Waals surface area (Å²) in [6.07, 6.45) is 36.4. The van der Waals surface area contributed by atoms with Gasteiger partial charge in [0.1, 0.15) is 48.8 Å². The Balaban J connectivity index is 1.69. The number of hydrogen-bond donors (Lipinski definition) is 9. The lowest BCUT2D eigenvalue weighted by Crippen LogP contribution is -2.65. The summed E-state index contributed by atoms with van der Waals surface area (Å²) in [7, 11) is 0. The predicted octanol–water partition coefficient (Wildman–Crippen LogP) is 9.44. The van der Waals surface area contributed by atoms with Gasteiger partial charge < -0.3 is 65.1 Å². The maximum atomic E-state index is 13.2. The van der Waals surface area contributed by atoms with E-state index >= 15 is 0 Å². The molecule has 0 spiro atoms. The summed E-state index contributed by atoms with van der Waals surface area (Å²) >= 11 is 0. The van der Waals surface area contributed by atoms with Gasteiger partial charge in [-0.2, -0.15) is 0 Å². The van der Waals surface area contributed by atoms with Crippen LogP contribution in [0.5, 0.6) is 0 Å². The molecule has 12 unspecified atom stereocenters. The second-order valence-corrected chi connectivity index (χ2v) is 20.8. The summed E-state index contributed by atoms with van der Waals surface area (Å²) < 4.78 is 22.7. The largest absolute Gasteiger partial charge is 0.394 e. The Hall–Kier alpha value is -1.79. The summed E-state index contributed by atoms with van der Waals surface area (Å²) in [5, 5.41) is 86.8. The van der Waals surface area contributed by atoms with Crippen LogP contribution in [-0.4, -0.2) is 140 Å². The van der Waals surface area contributed by atoms with E-state index in [2.05, 4.69) is 43.5 Å². The Morgan fingerprint density at radius 2 is 0.889 bits per heavy atom. The van der Waals surface area contributed by atoms with Gasteiger partial charge in [0.15, 0.2) is 12.6 Å². The normalized spacial score (nSPS) is 25.8. The average Bonchev–Trinajstić information content (AvgIpc) is 3.38. The summed E-state index contributed by atoms with van der Waals surface area (Å²) in [4.78, 5) is 13.2. The molecule has 12 atom stereocenters. The number of aliphatic hydroxyl groups excluding tert-OH is 8. The van der Waals surface area contributed by atoms with E-state index in [9.17, 15) is 45.6 Å². The van der Waals surface area contributed by atoms with Crippen LogP contribution in [0.3, 0.4) is 0 Å². The highest BCUT2D eigenvalue weighted by molar-refractivity contribution is 5.76. The SMILES string of the molecule is CCCCCCC/C=C/CC/C=C/C(O)C(COC1OC(CO)C(OC2OC(CO)C(O)C(O)C2O)C(O)C1O)NC(=O)CCCCCCCCCCCCCCCCC/C=C\CCCCCCCCCC. The fourth-order valence-corrected chi connectivity index (χ4v) is 9.54. The van der Waals surface area contributed by atoms with E-state index in [0.717, 1.165) is 32.1 Å². The summed E-state index contributed by atoms with van der Waals surface area (Å²) in [6.45, 7) is 2.75. The standard InChI is InChI=1S/C58H107NO13/c1-3-5-7-9-11-13-15-16-17-18-19-20-21-22-23-24-25-26-27-28-29-30-32-34-36-38-40-42-50(63)59-46(47(62)41-39-37-35-33-31-14-12-10-8-6-4-2)45-69-57-55(68)53(66)56(49(44-61)71-57)72-58-54(67)52(65)51(64)48(43-60)70-58/h18-19,31,33,39,41,46-49,51-58,60-62,64-68H,3-17,20-30,32,34-38,40,42-45H2,1-2H3,(H,59,63)/b19-18-,33-31+,41-39+. The minimum absolute atomic E-state index is 0.249. The van der Waals surface area contributed by atoms with Gasteiger partial charge in [0, 0.05) is 6.42 Å². The van der Waals surface area contributed by atoms with Crippen LogP contribution in [0.15, 0.2) is 36.5 Å². The molecule has 2 aliphatic heterocycles. The number of allylic oxidation sites excluding steroid dienone is 5. The molecule has 2 fully saturated rings. The summed E-state index contributed by atoms with van der Waals surface area (Å²) in [5.74, 6) is -0.249. The zero-order valence-electron chi connectivity index (χ0n) is 45.2. The number of rotatable bonds is 46. The van der Waals surface area contributed by atoms with Crippen LogP contribution in [0.2, 0.25) is 0 Å². The van der Waals surface area contributed by atoms with E-state index < -0.39 is 86.8 Å². The van der Waals surface area contributed by atoms with Crippen molar-refractivity contribution in [1.29, 1.82) is 0 Å². The quantitative estimate of drug-likeness (QED) is 0.0205. The minimum Gasteiger partial charge on any atom is -0.394 e. The Morgan fingerprint density at radius 1 is 0.486 bits per heavy atom. The van der Waals surface area contributed by atoms with Crippen LogP contribution in [0, 0.1) is 0 Å². The first-order valence-corrected chi connectivity index (χ1v) is 29.2. The zero-order chi connectivity index (χ0) is 52.4. The molecule has 0 bridgehead atoms. The molecule has 2 aliphatic rings. The molecule has 0 radical (unpaired) electrons. The van der Waals surface area contributed by atoms with Crippen LogP contribution in [-0.2, 0) is 23.7 Å². The third kappa shape index (κ3) is 30.1. The summed E-state index contributed by atoms with van der Waals surface area (Å²) in [5.41, 5.74) is 0. The van der Waals surface area contributed by atoms with Gasteiger partial charge in [-0.25, -0.2) is 0 Å². The minimum atomic E-state index is -1.79. The fraction of sp³-hybridized carbons (Fsp3) is 0.879. The van der Waals surface area contributed by atoms with Gasteiger partial charge in [-0.1, -0.05) is 204 Å². The van der Waals surface area contributed by atoms with Gasteiger partial charge >= 0.3 is 0 Å². The van der Waals surface area contributed by atoms with Crippen molar-refractivity contribution < 1.29 is 64.6 Å². The molecule has 2 saturated heterocycles. The maximum absolute atomic E-state index is 13.2. The lowest BCUT2D eigenvalue weighted by atomic mass is 9.97. The molecule has 9 N–H and O–H groups in total. The van der Waals surface area contributed by atoms with Crippen LogP contribution in [0.25, 0.3) is 0 Å². The molecule has 0 aromatic carbocycles. The van der Waals surface area contributed by atoms with E-state index in [1.807, 2.05) is 6.08 Å². The summed E-state index contributed by atoms with van der Waals surface area (Å²) in [6, 6.07) is -0.928. The number of carbonyl (C=O) groups excluding carboxylic acids is 1. The second kappa shape index (κ2) is 44.3. The molecular weight excluding hydrogens is 919 g/mol. The Morgan fingerprint density at radius 3 is 1.36 bits per heavy atom. The van der Waals surface area contributed by atoms with Gasteiger partial charge in [-0.15, -0.1) is 0 Å². The fourth-order valence-electron chi connectivity index (χ4n) is 9.54. The second-order valence-electron chi connectivity index (χ2n) is 20.8. The van der Waals surface area contributed by atoms with Gasteiger partial charge in [0.2, 0.25) is 5.91 Å². The van der Waals surface area contributed by atoms with E-state index in [1.165, 1.54) is 167 Å². The number of amides is 1. The molecule has 0 aromatic heterocycles. The molecule has 0 saturated carbocycles. The molecular formula is C58H107NO13. The van der Waals surface area contributed by atoms with Crippen LogP contribution in [0.1, 0.15) is 232 Å². The first-order chi connectivity index (χ1) is 35.1. The number of hydrogen-bond acceptors (Lipinski definition) is 13. The highest BCUT2D eigenvalue weighted by Crippen LogP contribution is 2.30. The third-order valence-corrected chi connectivity index (χ3v) is 14.3. The number of carbonyl (C=O) groups is 1. The van der Waals surface area contributed by atoms with E-state index in [-0.39, 0.29) is 18.9 Å². The van der Waals surface area contributed by atoms with Crippen LogP contribution >= 0.6 is 0 Å². The molecule has 1 amide bonds. The van der Waals surface area contributed by atoms with Gasteiger partial charge in [-0.3, -0.25) is 4.79 Å². The van der Waals surface area contributed by atoms with Crippen molar-refractivity contribution in [3.8, 4) is 0 Å². The third-order valence-electron chi connectivity index (χ3n) is 14.3. The highest BCUT2D eigenvalue weighted by atomic mass is 16.7. The molecule has 422 valence electrons. The molecule has 14 nitrogen and oxygen atoms in total. The maximum Gasteiger partial charge on any atom is 0.220 e. The van der Waals surface area contributed by atoms with Crippen molar-refractivity contribution in [2.75, 3.05) is 19.8 Å². The average molecular weight is 1030 g/mol. The predicted molar refractivity (Wildman–Crippen MR) is 286 cm³/mol. The molecule has 0 aromatic rings. The van der Waals surface area contributed by atoms with E-state index in [4.69, 9.17) is 18.9 Å². The van der Waals surface area contributed by atoms with Crippen molar-refractivity contribution in [2.45, 2.75) is 306 Å². The first-order valence-electron chi connectivity index (χ1n) is 29.2. The Labute approximate surface area is 436 Å². The highest BCUT2D eigenvalue weighted by Gasteiger charge is 2.51. The van der Waals surface area contributed by atoms with E-state index in [1.54, 1.807) is 6.08 Å². The Bertz CT molecular complexity index is 1350. The van der Waals surface area contributed by atoms with Crippen LogP contribution in [0.4, 0.5) is 0 Å². The lowest BCUT2D eigenvalue weighted by Gasteiger charge is -2.46. The molecule has 14 heteroatoms. The number of ether oxygens (including phenoxy) is 4. The van der Waals surface area contributed by atoms with Crippen molar-refractivity contribution in [2.24, 2.45) is 0 Å². The first kappa shape index (κ1) is 66.3. The molecule has 2 heterocycles. The topological polar surface area (TPSA) is 228 Å². The molecule has 0 aliphatic carbocycles. The van der Waals surface area contributed by atoms with Crippen molar-refractivity contribution in [1.82, 2.24) is 5.32 Å². The van der Waals surface area contributed by atoms with Gasteiger partial charge in [-0.05, 0) is 57.8 Å². The zero-order valence-corrected chi connectivity index (χ0v) is 45.2. The van der Waals surface area contributed by atoms with E-state index in [0.29, 0.717) is 12.8 Å². The number of nitrogens with one attached hydrogen (secondary N) is 1. The van der Waals surface area contributed by atoms with Gasteiger partial charge in [0.25, 0.3) is 0 Å². The smallest absolute Gasteiger partial charge is 0.220 e. The van der Waals surface area contributed by atoms with Crippen molar-refractivity contribution in [3.05, 3.63) is 36.5 Å². The van der Waals surface area contributed by atoms with Crippen molar-refractivity contribution in [3.63, 3.8) is 0 Å². The van der Waals surface area contributed by atoms with Crippen molar-refractivity contribution >= 4 is 5.91 Å². The van der Waals surface area contributed by atoms with Gasteiger partial charge in [0.05, 0.1) is 32.0 Å². The van der Waals surface area contributed by atoms with Crippen LogP contribution < -0.4 is 5.32 Å².